The quantitative estimate of drug-likeness (QED) is 0.558. The SMILES string of the molecule is N=C(N)n1nc(-c2ccc(C(F)(F)F)cc2)c2c1NCC2. The summed E-state index contributed by atoms with van der Waals surface area (Å²) in [6.07, 6.45) is -3.67. The number of rotatable bonds is 1. The van der Waals surface area contributed by atoms with Crippen molar-refractivity contribution in [1.29, 1.82) is 5.41 Å². The second kappa shape index (κ2) is 4.51. The number of anilines is 1. The number of nitrogen functional groups attached to an aromatic ring is 1. The molecule has 4 N–H and O–H groups in total. The molecule has 1 aliphatic rings. The van der Waals surface area contributed by atoms with Crippen LogP contribution in [0.15, 0.2) is 24.3 Å². The Hall–Kier alpha value is -2.51. The van der Waals surface area contributed by atoms with Crippen molar-refractivity contribution in [2.75, 3.05) is 11.9 Å². The molecule has 0 bridgehead atoms. The zero-order chi connectivity index (χ0) is 15.2. The fourth-order valence-electron chi connectivity index (χ4n) is 2.40. The fourth-order valence-corrected chi connectivity index (χ4v) is 2.40. The van der Waals surface area contributed by atoms with Crippen molar-refractivity contribution in [2.24, 2.45) is 5.73 Å². The lowest BCUT2D eigenvalue weighted by Crippen LogP contribution is -2.23. The smallest absolute Gasteiger partial charge is 0.369 e. The lowest BCUT2D eigenvalue weighted by atomic mass is 10.0. The van der Waals surface area contributed by atoms with Crippen LogP contribution in [-0.4, -0.2) is 22.3 Å². The Morgan fingerprint density at radius 3 is 2.52 bits per heavy atom. The Labute approximate surface area is 118 Å². The summed E-state index contributed by atoms with van der Waals surface area (Å²) in [4.78, 5) is 0. The van der Waals surface area contributed by atoms with Crippen LogP contribution in [0.3, 0.4) is 0 Å². The standard InChI is InChI=1S/C13H12F3N5/c14-13(15,16)8-3-1-7(2-4-8)10-9-5-6-19-11(9)21(20-10)12(17)18/h1-4,19H,5-6H2,(H3,17,18). The summed E-state index contributed by atoms with van der Waals surface area (Å²) >= 11 is 0. The third-order valence-electron chi connectivity index (χ3n) is 3.36. The van der Waals surface area contributed by atoms with Crippen LogP contribution in [-0.2, 0) is 12.6 Å². The molecule has 1 aromatic carbocycles. The zero-order valence-corrected chi connectivity index (χ0v) is 10.8. The minimum absolute atomic E-state index is 0.237. The molecule has 2 aromatic rings. The molecule has 0 fully saturated rings. The van der Waals surface area contributed by atoms with Gasteiger partial charge in [-0.2, -0.15) is 23.0 Å². The van der Waals surface area contributed by atoms with Gasteiger partial charge in [0.2, 0.25) is 5.96 Å². The molecule has 1 aromatic heterocycles. The van der Waals surface area contributed by atoms with Gasteiger partial charge in [-0.3, -0.25) is 5.41 Å². The number of benzene rings is 1. The van der Waals surface area contributed by atoms with Crippen molar-refractivity contribution in [3.8, 4) is 11.3 Å². The van der Waals surface area contributed by atoms with E-state index in [-0.39, 0.29) is 5.96 Å². The highest BCUT2D eigenvalue weighted by Crippen LogP contribution is 2.34. The number of aromatic nitrogens is 2. The highest BCUT2D eigenvalue weighted by molar-refractivity contribution is 5.84. The number of nitrogens with zero attached hydrogens (tertiary/aromatic N) is 2. The zero-order valence-electron chi connectivity index (χ0n) is 10.8. The summed E-state index contributed by atoms with van der Waals surface area (Å²) in [6, 6.07) is 4.82. The summed E-state index contributed by atoms with van der Waals surface area (Å²) < 4.78 is 39.0. The van der Waals surface area contributed by atoms with Crippen LogP contribution in [0.5, 0.6) is 0 Å². The van der Waals surface area contributed by atoms with E-state index in [1.54, 1.807) is 0 Å². The van der Waals surface area contributed by atoms with Crippen LogP contribution >= 0.6 is 0 Å². The Morgan fingerprint density at radius 2 is 1.95 bits per heavy atom. The van der Waals surface area contributed by atoms with Crippen LogP contribution < -0.4 is 11.1 Å². The molecule has 1 aliphatic heterocycles. The lowest BCUT2D eigenvalue weighted by molar-refractivity contribution is -0.137. The highest BCUT2D eigenvalue weighted by Gasteiger charge is 2.30. The maximum Gasteiger partial charge on any atom is 0.416 e. The third kappa shape index (κ3) is 2.22. The van der Waals surface area contributed by atoms with Gasteiger partial charge in [0.1, 0.15) is 5.82 Å². The maximum absolute atomic E-state index is 12.6. The topological polar surface area (TPSA) is 79.7 Å². The first-order valence-corrected chi connectivity index (χ1v) is 6.25. The molecule has 8 heteroatoms. The normalized spacial score (nSPS) is 13.9. The van der Waals surface area contributed by atoms with Crippen molar-refractivity contribution in [1.82, 2.24) is 9.78 Å². The van der Waals surface area contributed by atoms with Crippen molar-refractivity contribution in [3.05, 3.63) is 35.4 Å². The molecule has 0 radical (unpaired) electrons. The molecular formula is C13H12F3N5. The maximum atomic E-state index is 12.6. The van der Waals surface area contributed by atoms with Gasteiger partial charge in [0.25, 0.3) is 0 Å². The van der Waals surface area contributed by atoms with Crippen LogP contribution in [0.1, 0.15) is 11.1 Å². The minimum atomic E-state index is -4.36. The molecule has 0 spiro atoms. The number of hydrogen-bond acceptors (Lipinski definition) is 3. The molecule has 0 amide bonds. The predicted octanol–water partition coefficient (Wildman–Crippen LogP) is 2.28. The Morgan fingerprint density at radius 1 is 1.29 bits per heavy atom. The third-order valence-corrected chi connectivity index (χ3v) is 3.36. The van der Waals surface area contributed by atoms with E-state index in [1.165, 1.54) is 16.8 Å². The number of alkyl halides is 3. The molecule has 0 saturated heterocycles. The van der Waals surface area contributed by atoms with Gasteiger partial charge < -0.3 is 11.1 Å². The van der Waals surface area contributed by atoms with Gasteiger partial charge >= 0.3 is 6.18 Å². The molecule has 21 heavy (non-hydrogen) atoms. The summed E-state index contributed by atoms with van der Waals surface area (Å²) in [6.45, 7) is 0.689. The van der Waals surface area contributed by atoms with Crippen LogP contribution in [0.4, 0.5) is 19.0 Å². The van der Waals surface area contributed by atoms with Crippen molar-refractivity contribution >= 4 is 11.8 Å². The number of fused-ring (bicyclic) bond motifs is 1. The van der Waals surface area contributed by atoms with Crippen molar-refractivity contribution in [2.45, 2.75) is 12.6 Å². The summed E-state index contributed by atoms with van der Waals surface area (Å²) in [5, 5.41) is 14.8. The lowest BCUT2D eigenvalue weighted by Gasteiger charge is -2.07. The molecule has 0 saturated carbocycles. The largest absolute Gasteiger partial charge is 0.416 e. The van der Waals surface area contributed by atoms with Crippen molar-refractivity contribution in [3.63, 3.8) is 0 Å². The van der Waals surface area contributed by atoms with Gasteiger partial charge in [0, 0.05) is 17.7 Å². The monoisotopic (exact) mass is 295 g/mol. The van der Waals surface area contributed by atoms with Crippen molar-refractivity contribution < 1.29 is 13.2 Å². The van der Waals surface area contributed by atoms with Crippen LogP contribution in [0.25, 0.3) is 11.3 Å². The van der Waals surface area contributed by atoms with Gasteiger partial charge in [-0.25, -0.2) is 0 Å². The molecule has 0 unspecified atom stereocenters. The molecule has 110 valence electrons. The van der Waals surface area contributed by atoms with E-state index in [9.17, 15) is 13.2 Å². The number of nitrogens with two attached hydrogens (primary N) is 1. The molecule has 3 rings (SSSR count). The van der Waals surface area contributed by atoms with E-state index in [2.05, 4.69) is 10.4 Å². The predicted molar refractivity (Wildman–Crippen MR) is 72.2 cm³/mol. The first-order valence-electron chi connectivity index (χ1n) is 6.25. The van der Waals surface area contributed by atoms with Crippen LogP contribution in [0.2, 0.25) is 0 Å². The Kier molecular flexibility index (Phi) is 2.89. The molecular weight excluding hydrogens is 283 g/mol. The molecule has 0 aliphatic carbocycles. The average Bonchev–Trinajstić information content (AvgIpc) is 2.98. The summed E-state index contributed by atoms with van der Waals surface area (Å²) in [5.74, 6) is 0.399. The van der Waals surface area contributed by atoms with Crippen LogP contribution in [0, 0.1) is 5.41 Å². The van der Waals surface area contributed by atoms with E-state index in [0.29, 0.717) is 30.0 Å². The highest BCUT2D eigenvalue weighted by atomic mass is 19.4. The van der Waals surface area contributed by atoms with E-state index < -0.39 is 11.7 Å². The number of nitrogens with one attached hydrogen (secondary N) is 2. The fraction of sp³-hybridized carbons (Fsp3) is 0.231. The Balaban J connectivity index is 2.05. The van der Waals surface area contributed by atoms with Gasteiger partial charge in [0.15, 0.2) is 0 Å². The van der Waals surface area contributed by atoms with E-state index in [1.807, 2.05) is 0 Å². The first kappa shape index (κ1) is 13.5. The minimum Gasteiger partial charge on any atom is -0.369 e. The summed E-state index contributed by atoms with van der Waals surface area (Å²) in [7, 11) is 0. The molecule has 0 atom stereocenters. The van der Waals surface area contributed by atoms with Gasteiger partial charge in [-0.05, 0) is 18.6 Å². The Bertz CT molecular complexity index is 700. The summed E-state index contributed by atoms with van der Waals surface area (Å²) in [5.41, 5.74) is 6.75. The van der Waals surface area contributed by atoms with Gasteiger partial charge in [-0.15, -0.1) is 0 Å². The number of halogens is 3. The second-order valence-electron chi connectivity index (χ2n) is 4.72. The average molecular weight is 295 g/mol. The van der Waals surface area contributed by atoms with E-state index in [0.717, 1.165) is 17.7 Å². The number of hydrogen-bond donors (Lipinski definition) is 3. The van der Waals surface area contributed by atoms with Gasteiger partial charge in [0.05, 0.1) is 11.3 Å². The van der Waals surface area contributed by atoms with E-state index >= 15 is 0 Å². The van der Waals surface area contributed by atoms with E-state index in [4.69, 9.17) is 11.1 Å². The molecule has 5 nitrogen and oxygen atoms in total. The first-order chi connectivity index (χ1) is 9.88. The molecule has 2 heterocycles. The second-order valence-corrected chi connectivity index (χ2v) is 4.72. The van der Waals surface area contributed by atoms with Gasteiger partial charge in [-0.1, -0.05) is 12.1 Å².